The molecule has 0 saturated carbocycles. The first kappa shape index (κ1) is 6.34. The van der Waals surface area contributed by atoms with Gasteiger partial charge in [0.1, 0.15) is 5.82 Å². The summed E-state index contributed by atoms with van der Waals surface area (Å²) in [6, 6.07) is 4.37. The standard InChI is InChI=1S/C7H6BF/c1-5-2-3-6(9)4-7(5)8/h2-4H,1H3/q-1. The average Bonchev–Trinajstić information content (AvgIpc) is 1.80. The van der Waals surface area contributed by atoms with Crippen LogP contribution in [0.25, 0.3) is 0 Å². The maximum atomic E-state index is 12.3. The van der Waals surface area contributed by atoms with Crippen molar-refractivity contribution < 1.29 is 4.39 Å². The van der Waals surface area contributed by atoms with Crippen molar-refractivity contribution >= 4 is 13.3 Å². The van der Waals surface area contributed by atoms with Crippen LogP contribution in [-0.4, -0.2) is 7.85 Å². The van der Waals surface area contributed by atoms with Crippen molar-refractivity contribution in [2.75, 3.05) is 0 Å². The highest BCUT2D eigenvalue weighted by atomic mass is 19.1. The van der Waals surface area contributed by atoms with E-state index in [2.05, 4.69) is 0 Å². The van der Waals surface area contributed by atoms with E-state index < -0.39 is 0 Å². The van der Waals surface area contributed by atoms with E-state index in [9.17, 15) is 4.39 Å². The zero-order valence-electron chi connectivity index (χ0n) is 5.19. The fourth-order valence-corrected chi connectivity index (χ4v) is 0.611. The molecule has 0 saturated heterocycles. The molecule has 0 aromatic heterocycles. The van der Waals surface area contributed by atoms with Crippen molar-refractivity contribution in [1.29, 1.82) is 0 Å². The van der Waals surface area contributed by atoms with Crippen LogP contribution < -0.4 is 5.46 Å². The Balaban J connectivity index is 3.17. The molecule has 0 unspecified atom stereocenters. The molecule has 0 heterocycles. The number of aryl methyl sites for hydroxylation is 1. The SMILES string of the molecule is [B-]c1cc(F)ccc1C. The fourth-order valence-electron chi connectivity index (χ4n) is 0.611. The van der Waals surface area contributed by atoms with Crippen LogP contribution in [0.2, 0.25) is 0 Å². The summed E-state index contributed by atoms with van der Waals surface area (Å²) in [5.41, 5.74) is 1.42. The summed E-state index contributed by atoms with van der Waals surface area (Å²) in [7, 11) is 5.38. The topological polar surface area (TPSA) is 0 Å². The smallest absolute Gasteiger partial charge is 0.119 e. The molecule has 0 N–H and O–H groups in total. The molecule has 0 nitrogen and oxygen atoms in total. The van der Waals surface area contributed by atoms with Crippen LogP contribution in [0.4, 0.5) is 4.39 Å². The molecule has 0 atom stereocenters. The lowest BCUT2D eigenvalue weighted by Crippen LogP contribution is -2.06. The van der Waals surface area contributed by atoms with Crippen LogP contribution in [0.3, 0.4) is 0 Å². The summed E-state index contributed by atoms with van der Waals surface area (Å²) in [6.07, 6.45) is 0. The number of benzene rings is 1. The van der Waals surface area contributed by atoms with E-state index in [1.54, 1.807) is 6.07 Å². The zero-order chi connectivity index (χ0) is 6.85. The molecule has 0 amide bonds. The molecule has 0 bridgehead atoms. The van der Waals surface area contributed by atoms with Crippen molar-refractivity contribution in [3.05, 3.63) is 29.6 Å². The quantitative estimate of drug-likeness (QED) is 0.446. The van der Waals surface area contributed by atoms with Gasteiger partial charge in [-0.05, 0) is 13.0 Å². The van der Waals surface area contributed by atoms with Gasteiger partial charge >= 0.3 is 0 Å². The monoisotopic (exact) mass is 120 g/mol. The number of hydrogen-bond donors (Lipinski definition) is 0. The van der Waals surface area contributed by atoms with Crippen molar-refractivity contribution in [1.82, 2.24) is 0 Å². The van der Waals surface area contributed by atoms with E-state index in [1.807, 2.05) is 6.92 Å². The molecule has 1 rings (SSSR count). The zero-order valence-corrected chi connectivity index (χ0v) is 5.19. The molecule has 9 heavy (non-hydrogen) atoms. The predicted molar refractivity (Wildman–Crippen MR) is 36.5 cm³/mol. The molecule has 3 radical (unpaired) electrons. The average molecular weight is 120 g/mol. The first-order chi connectivity index (χ1) is 4.20. The molecule has 1 aromatic rings. The van der Waals surface area contributed by atoms with E-state index in [1.165, 1.54) is 12.1 Å². The Labute approximate surface area is 55.1 Å². The van der Waals surface area contributed by atoms with Gasteiger partial charge in [-0.2, -0.15) is 0 Å². The lowest BCUT2D eigenvalue weighted by atomic mass is 9.91. The maximum Gasteiger partial charge on any atom is 0.119 e. The molecule has 0 fully saturated rings. The molecule has 0 aliphatic heterocycles. The molecule has 0 aliphatic carbocycles. The highest BCUT2D eigenvalue weighted by molar-refractivity contribution is 6.33. The third-order valence-electron chi connectivity index (χ3n) is 1.24. The number of halogens is 1. The second-order valence-electron chi connectivity index (χ2n) is 2.00. The number of hydrogen-bond acceptors (Lipinski definition) is 0. The van der Waals surface area contributed by atoms with Crippen molar-refractivity contribution in [2.45, 2.75) is 6.92 Å². The van der Waals surface area contributed by atoms with Crippen LogP contribution in [0.15, 0.2) is 18.2 Å². The summed E-state index contributed by atoms with van der Waals surface area (Å²) >= 11 is 0. The molecule has 2 heteroatoms. The van der Waals surface area contributed by atoms with Crippen molar-refractivity contribution in [2.24, 2.45) is 0 Å². The van der Waals surface area contributed by atoms with Gasteiger partial charge in [0.15, 0.2) is 0 Å². The van der Waals surface area contributed by atoms with E-state index in [4.69, 9.17) is 7.85 Å². The van der Waals surface area contributed by atoms with E-state index in [-0.39, 0.29) is 5.82 Å². The third-order valence-corrected chi connectivity index (χ3v) is 1.24. The Kier molecular flexibility index (Phi) is 1.56. The predicted octanol–water partition coefficient (Wildman–Crippen LogP) is 0.928. The first-order valence-corrected chi connectivity index (χ1v) is 2.72. The molecule has 45 valence electrons. The largest absolute Gasteiger partial charge is 0.580 e. The van der Waals surface area contributed by atoms with Crippen molar-refractivity contribution in [3.63, 3.8) is 0 Å². The van der Waals surface area contributed by atoms with Gasteiger partial charge in [-0.15, -0.1) is 0 Å². The minimum Gasteiger partial charge on any atom is -0.580 e. The van der Waals surface area contributed by atoms with Crippen LogP contribution in [0, 0.1) is 12.7 Å². The van der Waals surface area contributed by atoms with Gasteiger partial charge in [-0.3, -0.25) is 0 Å². The Morgan fingerprint density at radius 2 is 2.11 bits per heavy atom. The van der Waals surface area contributed by atoms with Crippen LogP contribution in [0.5, 0.6) is 0 Å². The fraction of sp³-hybridized carbons (Fsp3) is 0.143. The van der Waals surface area contributed by atoms with Gasteiger partial charge in [0.25, 0.3) is 0 Å². The minimum atomic E-state index is -0.280. The summed E-state index contributed by atoms with van der Waals surface area (Å²) in [6.45, 7) is 1.84. The van der Waals surface area contributed by atoms with Gasteiger partial charge in [0.05, 0.1) is 0 Å². The van der Waals surface area contributed by atoms with Crippen molar-refractivity contribution in [3.8, 4) is 0 Å². The summed E-state index contributed by atoms with van der Waals surface area (Å²) in [5.74, 6) is -0.280. The van der Waals surface area contributed by atoms with Gasteiger partial charge in [-0.1, -0.05) is 17.7 Å². The lowest BCUT2D eigenvalue weighted by Gasteiger charge is -2.09. The number of rotatable bonds is 0. The van der Waals surface area contributed by atoms with E-state index >= 15 is 0 Å². The maximum absolute atomic E-state index is 12.3. The van der Waals surface area contributed by atoms with Gasteiger partial charge < -0.3 is 13.3 Å². The second-order valence-corrected chi connectivity index (χ2v) is 2.00. The third kappa shape index (κ3) is 1.32. The van der Waals surface area contributed by atoms with Gasteiger partial charge in [-0.25, -0.2) is 4.39 Å². The van der Waals surface area contributed by atoms with Crippen LogP contribution >= 0.6 is 0 Å². The molecule has 1 aromatic carbocycles. The molecular formula is C7H6BF-. The first-order valence-electron chi connectivity index (χ1n) is 2.72. The van der Waals surface area contributed by atoms with Crippen LogP contribution in [-0.2, 0) is 0 Å². The van der Waals surface area contributed by atoms with Crippen LogP contribution in [0.1, 0.15) is 5.56 Å². The molecule has 0 aliphatic rings. The van der Waals surface area contributed by atoms with E-state index in [0.717, 1.165) is 5.56 Å². The summed E-state index contributed by atoms with van der Waals surface area (Å²) in [5, 5.41) is 0. The Morgan fingerprint density at radius 1 is 1.44 bits per heavy atom. The highest BCUT2D eigenvalue weighted by Crippen LogP contribution is 1.96. The summed E-state index contributed by atoms with van der Waals surface area (Å²) in [4.78, 5) is 0. The highest BCUT2D eigenvalue weighted by Gasteiger charge is 1.84. The Hall–Kier alpha value is -0.785. The molecular weight excluding hydrogens is 114 g/mol. The normalized spacial score (nSPS) is 9.67. The molecule has 0 spiro atoms. The van der Waals surface area contributed by atoms with Gasteiger partial charge in [0.2, 0.25) is 0 Å². The minimum absolute atomic E-state index is 0.280. The van der Waals surface area contributed by atoms with E-state index in [0.29, 0.717) is 5.46 Å². The van der Waals surface area contributed by atoms with Gasteiger partial charge in [0, 0.05) is 0 Å². The Morgan fingerprint density at radius 3 is 2.56 bits per heavy atom. The summed E-state index contributed by atoms with van der Waals surface area (Å²) < 4.78 is 12.3. The second kappa shape index (κ2) is 2.22. The Bertz CT molecular complexity index is 220. The lowest BCUT2D eigenvalue weighted by molar-refractivity contribution is 0.628.